The minimum atomic E-state index is 0.0146. The summed E-state index contributed by atoms with van der Waals surface area (Å²) in [5.74, 6) is 1.43. The molecule has 0 spiro atoms. The van der Waals surface area contributed by atoms with Crippen LogP contribution in [0.2, 0.25) is 0 Å². The second-order valence-corrected chi connectivity index (χ2v) is 4.58. The monoisotopic (exact) mass is 288 g/mol. The first-order valence-electron chi connectivity index (χ1n) is 5.08. The SMILES string of the molecule is COc1c(C(C)CO)cc(Br)c(C)c1OC. The van der Waals surface area contributed by atoms with E-state index >= 15 is 0 Å². The van der Waals surface area contributed by atoms with Crippen molar-refractivity contribution >= 4 is 15.9 Å². The van der Waals surface area contributed by atoms with E-state index in [0.717, 1.165) is 15.6 Å². The van der Waals surface area contributed by atoms with Crippen LogP contribution in [-0.2, 0) is 0 Å². The second kappa shape index (κ2) is 5.55. The minimum Gasteiger partial charge on any atom is -0.493 e. The van der Waals surface area contributed by atoms with E-state index in [1.807, 2.05) is 19.9 Å². The Morgan fingerprint density at radius 2 is 1.88 bits per heavy atom. The lowest BCUT2D eigenvalue weighted by Gasteiger charge is -2.19. The molecule has 0 heterocycles. The smallest absolute Gasteiger partial charge is 0.165 e. The summed E-state index contributed by atoms with van der Waals surface area (Å²) in [6.07, 6.45) is 0. The predicted octanol–water partition coefficient (Wildman–Crippen LogP) is 2.87. The number of hydrogen-bond donors (Lipinski definition) is 1. The van der Waals surface area contributed by atoms with Crippen LogP contribution in [0.25, 0.3) is 0 Å². The van der Waals surface area contributed by atoms with Gasteiger partial charge in [-0.3, -0.25) is 0 Å². The van der Waals surface area contributed by atoms with Crippen molar-refractivity contribution in [2.75, 3.05) is 20.8 Å². The number of halogens is 1. The van der Waals surface area contributed by atoms with E-state index in [4.69, 9.17) is 9.47 Å². The fourth-order valence-electron chi connectivity index (χ4n) is 1.64. The van der Waals surface area contributed by atoms with Crippen LogP contribution in [0.3, 0.4) is 0 Å². The van der Waals surface area contributed by atoms with Crippen LogP contribution in [0.15, 0.2) is 10.5 Å². The first kappa shape index (κ1) is 13.3. The maximum atomic E-state index is 9.22. The van der Waals surface area contributed by atoms with Gasteiger partial charge >= 0.3 is 0 Å². The van der Waals surface area contributed by atoms with E-state index in [9.17, 15) is 5.11 Å². The lowest BCUT2D eigenvalue weighted by molar-refractivity contribution is 0.268. The minimum absolute atomic E-state index is 0.0146. The van der Waals surface area contributed by atoms with E-state index in [1.165, 1.54) is 0 Å². The number of rotatable bonds is 4. The molecule has 90 valence electrons. The van der Waals surface area contributed by atoms with Gasteiger partial charge in [0.1, 0.15) is 0 Å². The largest absolute Gasteiger partial charge is 0.493 e. The average Bonchev–Trinajstić information content (AvgIpc) is 2.30. The lowest BCUT2D eigenvalue weighted by atomic mass is 9.98. The van der Waals surface area contributed by atoms with Crippen molar-refractivity contribution in [3.63, 3.8) is 0 Å². The zero-order valence-electron chi connectivity index (χ0n) is 10.0. The van der Waals surface area contributed by atoms with E-state index in [1.54, 1.807) is 14.2 Å². The number of benzene rings is 1. The molecule has 0 amide bonds. The Morgan fingerprint density at radius 1 is 1.31 bits per heavy atom. The Labute approximate surface area is 105 Å². The molecule has 0 radical (unpaired) electrons. The highest BCUT2D eigenvalue weighted by atomic mass is 79.9. The van der Waals surface area contributed by atoms with Crippen LogP contribution >= 0.6 is 15.9 Å². The lowest BCUT2D eigenvalue weighted by Crippen LogP contribution is -2.05. The first-order valence-corrected chi connectivity index (χ1v) is 5.87. The summed E-state index contributed by atoms with van der Waals surface area (Å²) in [6, 6.07) is 1.97. The predicted molar refractivity (Wildman–Crippen MR) is 67.5 cm³/mol. The zero-order chi connectivity index (χ0) is 12.3. The summed E-state index contributed by atoms with van der Waals surface area (Å²) in [7, 11) is 3.23. The van der Waals surface area contributed by atoms with E-state index in [-0.39, 0.29) is 12.5 Å². The van der Waals surface area contributed by atoms with Gasteiger partial charge in [-0.15, -0.1) is 0 Å². The average molecular weight is 289 g/mol. The molecule has 0 bridgehead atoms. The van der Waals surface area contributed by atoms with Gasteiger partial charge in [-0.1, -0.05) is 22.9 Å². The fourth-order valence-corrected chi connectivity index (χ4v) is 2.07. The van der Waals surface area contributed by atoms with Crippen molar-refractivity contribution in [2.45, 2.75) is 19.8 Å². The molecule has 1 aromatic rings. The highest BCUT2D eigenvalue weighted by Gasteiger charge is 2.19. The zero-order valence-corrected chi connectivity index (χ0v) is 11.6. The van der Waals surface area contributed by atoms with Crippen LogP contribution in [0.4, 0.5) is 0 Å². The topological polar surface area (TPSA) is 38.7 Å². The van der Waals surface area contributed by atoms with Crippen LogP contribution in [0.1, 0.15) is 24.0 Å². The summed E-state index contributed by atoms with van der Waals surface area (Å²) in [4.78, 5) is 0. The molecule has 0 aliphatic heterocycles. The molecular formula is C12H17BrO3. The fraction of sp³-hybridized carbons (Fsp3) is 0.500. The van der Waals surface area contributed by atoms with Crippen molar-refractivity contribution in [3.8, 4) is 11.5 Å². The van der Waals surface area contributed by atoms with Crippen molar-refractivity contribution in [3.05, 3.63) is 21.7 Å². The number of ether oxygens (including phenoxy) is 2. The molecule has 1 aromatic carbocycles. The molecule has 4 heteroatoms. The Morgan fingerprint density at radius 3 is 2.31 bits per heavy atom. The van der Waals surface area contributed by atoms with Gasteiger partial charge in [-0.25, -0.2) is 0 Å². The molecular weight excluding hydrogens is 272 g/mol. The van der Waals surface area contributed by atoms with Gasteiger partial charge in [0.15, 0.2) is 11.5 Å². The molecule has 0 aliphatic carbocycles. The van der Waals surface area contributed by atoms with E-state index in [2.05, 4.69) is 15.9 Å². The highest BCUT2D eigenvalue weighted by Crippen LogP contribution is 2.41. The molecule has 0 fully saturated rings. The maximum Gasteiger partial charge on any atom is 0.165 e. The van der Waals surface area contributed by atoms with Gasteiger partial charge in [0.2, 0.25) is 0 Å². The maximum absolute atomic E-state index is 9.22. The van der Waals surface area contributed by atoms with Crippen molar-refractivity contribution in [1.82, 2.24) is 0 Å². The Kier molecular flexibility index (Phi) is 4.62. The van der Waals surface area contributed by atoms with Gasteiger partial charge in [0.25, 0.3) is 0 Å². The molecule has 1 N–H and O–H groups in total. The van der Waals surface area contributed by atoms with Crippen molar-refractivity contribution in [2.24, 2.45) is 0 Å². The third-order valence-corrected chi connectivity index (χ3v) is 3.49. The second-order valence-electron chi connectivity index (χ2n) is 3.72. The third kappa shape index (κ3) is 2.33. The van der Waals surface area contributed by atoms with Gasteiger partial charge in [-0.2, -0.15) is 0 Å². The summed E-state index contributed by atoms with van der Waals surface area (Å²) in [5.41, 5.74) is 1.94. The quantitative estimate of drug-likeness (QED) is 0.926. The van der Waals surface area contributed by atoms with E-state index in [0.29, 0.717) is 11.5 Å². The van der Waals surface area contributed by atoms with Crippen LogP contribution in [0.5, 0.6) is 11.5 Å². The van der Waals surface area contributed by atoms with Gasteiger partial charge in [0.05, 0.1) is 14.2 Å². The van der Waals surface area contributed by atoms with Crippen LogP contribution < -0.4 is 9.47 Å². The molecule has 0 saturated heterocycles. The molecule has 3 nitrogen and oxygen atoms in total. The molecule has 0 saturated carbocycles. The Bertz CT molecular complexity index is 377. The molecule has 1 rings (SSSR count). The standard InChI is InChI=1S/C12H17BrO3/c1-7(6-14)9-5-10(13)8(2)11(15-3)12(9)16-4/h5,7,14H,6H2,1-4H3. The number of hydrogen-bond acceptors (Lipinski definition) is 3. The van der Waals surface area contributed by atoms with Gasteiger partial charge < -0.3 is 14.6 Å². The van der Waals surface area contributed by atoms with Crippen LogP contribution in [-0.4, -0.2) is 25.9 Å². The summed E-state index contributed by atoms with van der Waals surface area (Å²) < 4.78 is 11.7. The van der Waals surface area contributed by atoms with Gasteiger partial charge in [0, 0.05) is 28.1 Å². The molecule has 0 aliphatic rings. The third-order valence-electron chi connectivity index (χ3n) is 2.66. The van der Waals surface area contributed by atoms with Crippen molar-refractivity contribution < 1.29 is 14.6 Å². The normalized spacial score (nSPS) is 12.4. The van der Waals surface area contributed by atoms with Crippen molar-refractivity contribution in [1.29, 1.82) is 0 Å². The molecule has 0 aromatic heterocycles. The number of aliphatic hydroxyl groups excluding tert-OH is 1. The summed E-state index contributed by atoms with van der Waals surface area (Å²) in [6.45, 7) is 3.98. The first-order chi connectivity index (χ1) is 7.56. The van der Waals surface area contributed by atoms with E-state index < -0.39 is 0 Å². The number of methoxy groups -OCH3 is 2. The number of aliphatic hydroxyl groups is 1. The Balaban J connectivity index is 3.43. The summed E-state index contributed by atoms with van der Waals surface area (Å²) in [5, 5.41) is 9.22. The molecule has 1 unspecified atom stereocenters. The molecule has 16 heavy (non-hydrogen) atoms. The highest BCUT2D eigenvalue weighted by molar-refractivity contribution is 9.10. The molecule has 1 atom stereocenters. The van der Waals surface area contributed by atoms with Crippen LogP contribution in [0, 0.1) is 6.92 Å². The van der Waals surface area contributed by atoms with Gasteiger partial charge in [-0.05, 0) is 13.0 Å². The Hall–Kier alpha value is -0.740. The summed E-state index contributed by atoms with van der Waals surface area (Å²) >= 11 is 3.48.